The number of hydrogen-bond acceptors (Lipinski definition) is 8. The molecule has 0 unspecified atom stereocenters. The highest BCUT2D eigenvalue weighted by atomic mass is 32.2. The SMILES string of the molecule is CCc1nc(C(N)=O)c(Nc2cccc(S(C)(=O)=O)c2)nc1NCC1CCN(Cc2ccccc2)CC1. The van der Waals surface area contributed by atoms with Gasteiger partial charge in [-0.2, -0.15) is 0 Å². The molecule has 10 heteroatoms. The molecule has 1 aliphatic rings. The third kappa shape index (κ3) is 7.05. The number of nitrogens with zero attached hydrogens (tertiary/aromatic N) is 3. The number of amides is 1. The highest BCUT2D eigenvalue weighted by Crippen LogP contribution is 2.25. The molecule has 37 heavy (non-hydrogen) atoms. The van der Waals surface area contributed by atoms with Gasteiger partial charge >= 0.3 is 0 Å². The maximum absolute atomic E-state index is 12.1. The summed E-state index contributed by atoms with van der Waals surface area (Å²) in [6, 6.07) is 16.9. The van der Waals surface area contributed by atoms with Crippen molar-refractivity contribution in [2.45, 2.75) is 37.6 Å². The number of likely N-dealkylation sites (tertiary alicyclic amines) is 1. The molecule has 2 aromatic carbocycles. The maximum Gasteiger partial charge on any atom is 0.271 e. The molecular formula is C27H34N6O3S. The molecule has 0 radical (unpaired) electrons. The molecule has 4 rings (SSSR count). The van der Waals surface area contributed by atoms with E-state index in [9.17, 15) is 13.2 Å². The first kappa shape index (κ1) is 26.6. The van der Waals surface area contributed by atoms with Gasteiger partial charge in [0.15, 0.2) is 21.3 Å². The summed E-state index contributed by atoms with van der Waals surface area (Å²) in [5, 5.41) is 6.49. The largest absolute Gasteiger partial charge is 0.368 e. The number of carbonyl (C=O) groups excluding carboxylic acids is 1. The second-order valence-electron chi connectivity index (χ2n) is 9.44. The normalized spacial score (nSPS) is 14.9. The van der Waals surface area contributed by atoms with E-state index in [0.717, 1.165) is 45.3 Å². The molecule has 0 spiro atoms. The topological polar surface area (TPSA) is 130 Å². The van der Waals surface area contributed by atoms with E-state index in [0.29, 0.717) is 29.5 Å². The zero-order valence-electron chi connectivity index (χ0n) is 21.3. The summed E-state index contributed by atoms with van der Waals surface area (Å²) in [5.74, 6) is 0.579. The Kier molecular flexibility index (Phi) is 8.40. The quantitative estimate of drug-likeness (QED) is 0.368. The lowest BCUT2D eigenvalue weighted by Gasteiger charge is -2.32. The van der Waals surface area contributed by atoms with Crippen molar-refractivity contribution in [3.63, 3.8) is 0 Å². The predicted molar refractivity (Wildman–Crippen MR) is 146 cm³/mol. The van der Waals surface area contributed by atoms with Crippen molar-refractivity contribution in [3.05, 3.63) is 71.5 Å². The van der Waals surface area contributed by atoms with Crippen LogP contribution in [0.2, 0.25) is 0 Å². The molecule has 1 aromatic heterocycles. The van der Waals surface area contributed by atoms with Gasteiger partial charge in [-0.1, -0.05) is 43.3 Å². The van der Waals surface area contributed by atoms with Crippen LogP contribution in [0.3, 0.4) is 0 Å². The standard InChI is InChI=1S/C27H34N6O3S/c1-3-23-26(29-17-19-12-14-33(15-13-19)18-20-8-5-4-6-9-20)32-27(24(31-23)25(28)34)30-21-10-7-11-22(16-21)37(2,35)36/h4-11,16,19H,3,12-15,17-18H2,1-2H3,(H2,28,34)(H2,29,30,32). The van der Waals surface area contributed by atoms with Gasteiger partial charge in [-0.3, -0.25) is 9.69 Å². The number of sulfone groups is 1. The zero-order valence-corrected chi connectivity index (χ0v) is 22.1. The number of hydrogen-bond donors (Lipinski definition) is 3. The van der Waals surface area contributed by atoms with E-state index >= 15 is 0 Å². The van der Waals surface area contributed by atoms with Crippen LogP contribution in [0.25, 0.3) is 0 Å². The predicted octanol–water partition coefficient (Wildman–Crippen LogP) is 3.61. The molecule has 1 saturated heterocycles. The Labute approximate surface area is 218 Å². The molecule has 1 aliphatic heterocycles. The Morgan fingerprint density at radius 1 is 1.05 bits per heavy atom. The van der Waals surface area contributed by atoms with Gasteiger partial charge < -0.3 is 16.4 Å². The van der Waals surface area contributed by atoms with Gasteiger partial charge in [0.25, 0.3) is 5.91 Å². The molecule has 196 valence electrons. The molecule has 9 nitrogen and oxygen atoms in total. The lowest BCUT2D eigenvalue weighted by atomic mass is 9.96. The van der Waals surface area contributed by atoms with Gasteiger partial charge in [-0.05, 0) is 62.0 Å². The number of rotatable bonds is 10. The van der Waals surface area contributed by atoms with Crippen molar-refractivity contribution < 1.29 is 13.2 Å². The van der Waals surface area contributed by atoms with E-state index in [1.165, 1.54) is 17.7 Å². The number of primary amides is 1. The second-order valence-corrected chi connectivity index (χ2v) is 11.5. The maximum atomic E-state index is 12.1. The number of carbonyl (C=O) groups is 1. The molecule has 0 bridgehead atoms. The van der Waals surface area contributed by atoms with Crippen LogP contribution in [0, 0.1) is 5.92 Å². The summed E-state index contributed by atoms with van der Waals surface area (Å²) in [6.07, 6.45) is 3.88. The van der Waals surface area contributed by atoms with Gasteiger partial charge in [0, 0.05) is 25.0 Å². The smallest absolute Gasteiger partial charge is 0.271 e. The molecular weight excluding hydrogens is 488 g/mol. The van der Waals surface area contributed by atoms with Crippen LogP contribution in [-0.2, 0) is 22.8 Å². The minimum Gasteiger partial charge on any atom is -0.368 e. The van der Waals surface area contributed by atoms with Gasteiger partial charge in [0.05, 0.1) is 10.6 Å². The number of aryl methyl sites for hydroxylation is 1. The number of nitrogens with two attached hydrogens (primary N) is 1. The van der Waals surface area contributed by atoms with E-state index in [4.69, 9.17) is 5.73 Å². The van der Waals surface area contributed by atoms with E-state index < -0.39 is 15.7 Å². The minimum atomic E-state index is -3.39. The summed E-state index contributed by atoms with van der Waals surface area (Å²) >= 11 is 0. The monoisotopic (exact) mass is 522 g/mol. The van der Waals surface area contributed by atoms with Gasteiger partial charge in [0.1, 0.15) is 5.82 Å². The summed E-state index contributed by atoms with van der Waals surface area (Å²) in [7, 11) is -3.39. The molecule has 3 aromatic rings. The van der Waals surface area contributed by atoms with Crippen molar-refractivity contribution in [2.75, 3.05) is 36.5 Å². The lowest BCUT2D eigenvalue weighted by Crippen LogP contribution is -2.35. The van der Waals surface area contributed by atoms with Crippen LogP contribution in [-0.4, -0.2) is 55.1 Å². The summed E-state index contributed by atoms with van der Waals surface area (Å²) in [4.78, 5) is 23.9. The Bertz CT molecular complexity index is 1340. The molecule has 1 amide bonds. The first-order valence-corrected chi connectivity index (χ1v) is 14.4. The van der Waals surface area contributed by atoms with Crippen molar-refractivity contribution in [3.8, 4) is 0 Å². The van der Waals surface area contributed by atoms with Crippen molar-refractivity contribution in [1.82, 2.24) is 14.9 Å². The fourth-order valence-electron chi connectivity index (χ4n) is 4.49. The average molecular weight is 523 g/mol. The number of anilines is 3. The zero-order chi connectivity index (χ0) is 26.4. The molecule has 4 N–H and O–H groups in total. The first-order valence-electron chi connectivity index (χ1n) is 12.5. The Morgan fingerprint density at radius 2 is 1.78 bits per heavy atom. The van der Waals surface area contributed by atoms with Gasteiger partial charge in [-0.15, -0.1) is 0 Å². The summed E-state index contributed by atoms with van der Waals surface area (Å²) < 4.78 is 23.9. The lowest BCUT2D eigenvalue weighted by molar-refractivity contribution is 0.0996. The minimum absolute atomic E-state index is 0.0152. The van der Waals surface area contributed by atoms with Crippen LogP contribution < -0.4 is 16.4 Å². The first-order chi connectivity index (χ1) is 17.7. The molecule has 0 atom stereocenters. The highest BCUT2D eigenvalue weighted by Gasteiger charge is 2.22. The summed E-state index contributed by atoms with van der Waals surface area (Å²) in [6.45, 7) is 5.75. The van der Waals surface area contributed by atoms with Crippen LogP contribution in [0.5, 0.6) is 0 Å². The van der Waals surface area contributed by atoms with Crippen molar-refractivity contribution in [2.24, 2.45) is 11.7 Å². The molecule has 1 fully saturated rings. The van der Waals surface area contributed by atoms with Crippen LogP contribution in [0.1, 0.15) is 41.5 Å². The van der Waals surface area contributed by atoms with Crippen LogP contribution in [0.15, 0.2) is 59.5 Å². The molecule has 0 aliphatic carbocycles. The van der Waals surface area contributed by atoms with Crippen LogP contribution >= 0.6 is 0 Å². The molecule has 0 saturated carbocycles. The Hall–Kier alpha value is -3.50. The van der Waals surface area contributed by atoms with Crippen LogP contribution in [0.4, 0.5) is 17.3 Å². The van der Waals surface area contributed by atoms with Crippen molar-refractivity contribution >= 4 is 33.1 Å². The fourth-order valence-corrected chi connectivity index (χ4v) is 5.16. The van der Waals surface area contributed by atoms with Crippen molar-refractivity contribution in [1.29, 1.82) is 0 Å². The Balaban J connectivity index is 1.45. The second kappa shape index (κ2) is 11.7. The van der Waals surface area contributed by atoms with Gasteiger partial charge in [0.2, 0.25) is 0 Å². The highest BCUT2D eigenvalue weighted by molar-refractivity contribution is 7.90. The Morgan fingerprint density at radius 3 is 2.43 bits per heavy atom. The number of benzene rings is 2. The number of nitrogens with one attached hydrogen (secondary N) is 2. The molecule has 2 heterocycles. The average Bonchev–Trinajstić information content (AvgIpc) is 2.88. The van der Waals surface area contributed by atoms with E-state index in [1.54, 1.807) is 12.1 Å². The van der Waals surface area contributed by atoms with E-state index in [1.807, 2.05) is 13.0 Å². The third-order valence-electron chi connectivity index (χ3n) is 6.58. The fraction of sp³-hybridized carbons (Fsp3) is 0.370. The number of aromatic nitrogens is 2. The number of piperidine rings is 1. The van der Waals surface area contributed by atoms with E-state index in [-0.39, 0.29) is 16.4 Å². The summed E-state index contributed by atoms with van der Waals surface area (Å²) in [5.41, 5.74) is 8.08. The van der Waals surface area contributed by atoms with Gasteiger partial charge in [-0.25, -0.2) is 18.4 Å². The third-order valence-corrected chi connectivity index (χ3v) is 7.69. The van der Waals surface area contributed by atoms with E-state index in [2.05, 4.69) is 49.8 Å².